The number of nitrogens with one attached hydrogen (secondary N) is 1. The molecule has 8 nitrogen and oxygen atoms in total. The molecular weight excluding hydrogens is 390 g/mol. The van der Waals surface area contributed by atoms with Gasteiger partial charge in [0, 0.05) is 24.8 Å². The van der Waals surface area contributed by atoms with E-state index in [1.807, 2.05) is 0 Å². The lowest BCUT2D eigenvalue weighted by Gasteiger charge is -2.30. The third kappa shape index (κ3) is 4.49. The normalized spacial score (nSPS) is 19.3. The van der Waals surface area contributed by atoms with Crippen LogP contribution in [0.25, 0.3) is 0 Å². The van der Waals surface area contributed by atoms with Crippen molar-refractivity contribution in [2.45, 2.75) is 12.8 Å². The molecule has 23 heavy (non-hydrogen) atoms. The summed E-state index contributed by atoms with van der Waals surface area (Å²) in [4.78, 5) is 22.6. The van der Waals surface area contributed by atoms with Gasteiger partial charge in [-0.05, 0) is 40.9 Å². The molecule has 1 N–H and O–H groups in total. The number of hydrogen-bond acceptors (Lipinski definition) is 5. The number of benzene rings is 1. The third-order valence-electron chi connectivity index (χ3n) is 3.63. The van der Waals surface area contributed by atoms with E-state index in [1.54, 1.807) is 6.07 Å². The van der Waals surface area contributed by atoms with E-state index in [-0.39, 0.29) is 18.1 Å². The number of rotatable bonds is 4. The Labute approximate surface area is 142 Å². The molecule has 1 heterocycles. The van der Waals surface area contributed by atoms with Gasteiger partial charge in [-0.3, -0.25) is 14.9 Å². The fourth-order valence-electron chi connectivity index (χ4n) is 2.43. The zero-order valence-electron chi connectivity index (χ0n) is 12.4. The number of hydrogen-bond donors (Lipinski definition) is 1. The first-order chi connectivity index (χ1) is 10.7. The minimum atomic E-state index is -3.33. The highest BCUT2D eigenvalue weighted by atomic mass is 79.9. The molecule has 0 aromatic heterocycles. The number of sulfonamides is 1. The summed E-state index contributed by atoms with van der Waals surface area (Å²) in [6.45, 7) is 0.537. The highest BCUT2D eigenvalue weighted by Gasteiger charge is 2.30. The number of carbonyl (C=O) groups is 1. The van der Waals surface area contributed by atoms with Crippen LogP contribution >= 0.6 is 15.9 Å². The molecule has 0 saturated carbocycles. The van der Waals surface area contributed by atoms with Crippen LogP contribution in [0.5, 0.6) is 0 Å². The van der Waals surface area contributed by atoms with Gasteiger partial charge in [-0.1, -0.05) is 0 Å². The van der Waals surface area contributed by atoms with Crippen LogP contribution in [0.15, 0.2) is 22.7 Å². The highest BCUT2D eigenvalue weighted by molar-refractivity contribution is 9.10. The van der Waals surface area contributed by atoms with Gasteiger partial charge in [-0.25, -0.2) is 12.7 Å². The first-order valence-corrected chi connectivity index (χ1v) is 9.52. The Kier molecular flexibility index (Phi) is 5.37. The predicted octanol–water partition coefficient (Wildman–Crippen LogP) is 1.97. The van der Waals surface area contributed by atoms with Gasteiger partial charge in [0.1, 0.15) is 0 Å². The van der Waals surface area contributed by atoms with Crippen LogP contribution in [0.4, 0.5) is 11.4 Å². The molecule has 1 atom stereocenters. The van der Waals surface area contributed by atoms with Crippen molar-refractivity contribution in [1.29, 1.82) is 0 Å². The number of nitro groups is 1. The van der Waals surface area contributed by atoms with Gasteiger partial charge in [-0.15, -0.1) is 0 Å². The van der Waals surface area contributed by atoms with Crippen LogP contribution < -0.4 is 5.32 Å². The molecule has 0 spiro atoms. The highest BCUT2D eigenvalue weighted by Crippen LogP contribution is 2.28. The number of amides is 1. The van der Waals surface area contributed by atoms with E-state index in [4.69, 9.17) is 0 Å². The van der Waals surface area contributed by atoms with E-state index < -0.39 is 20.9 Å². The molecule has 1 aliphatic heterocycles. The summed E-state index contributed by atoms with van der Waals surface area (Å²) in [5.41, 5.74) is 0.158. The Morgan fingerprint density at radius 3 is 2.78 bits per heavy atom. The van der Waals surface area contributed by atoms with E-state index in [9.17, 15) is 23.3 Å². The summed E-state index contributed by atoms with van der Waals surface area (Å²) < 4.78 is 24.8. The van der Waals surface area contributed by atoms with Gasteiger partial charge in [-0.2, -0.15) is 0 Å². The molecule has 0 aliphatic carbocycles. The molecular formula is C13H16BrN3O5S. The Balaban J connectivity index is 2.10. The van der Waals surface area contributed by atoms with E-state index >= 15 is 0 Å². The van der Waals surface area contributed by atoms with Crippen LogP contribution in [-0.2, 0) is 14.8 Å². The Morgan fingerprint density at radius 1 is 1.48 bits per heavy atom. The summed E-state index contributed by atoms with van der Waals surface area (Å²) in [5, 5.41) is 13.5. The van der Waals surface area contributed by atoms with Crippen molar-refractivity contribution in [2.75, 3.05) is 24.7 Å². The van der Waals surface area contributed by atoms with Crippen LogP contribution in [0.3, 0.4) is 0 Å². The smallest absolute Gasteiger partial charge is 0.285 e. The molecule has 1 amide bonds. The van der Waals surface area contributed by atoms with E-state index in [2.05, 4.69) is 21.2 Å². The van der Waals surface area contributed by atoms with Crippen molar-refractivity contribution in [2.24, 2.45) is 5.92 Å². The molecule has 1 fully saturated rings. The first-order valence-electron chi connectivity index (χ1n) is 6.88. The number of nitro benzene ring substituents is 1. The number of halogens is 1. The molecule has 1 saturated heterocycles. The van der Waals surface area contributed by atoms with Crippen molar-refractivity contribution in [3.8, 4) is 0 Å². The molecule has 1 unspecified atom stereocenters. The SMILES string of the molecule is CS(=O)(=O)N1CCCC(C(=O)Nc2ccc(Br)c([N+](=O)[O-])c2)C1. The molecule has 10 heteroatoms. The summed E-state index contributed by atoms with van der Waals surface area (Å²) in [5.74, 6) is -0.809. The minimum Gasteiger partial charge on any atom is -0.326 e. The number of anilines is 1. The fourth-order valence-corrected chi connectivity index (χ4v) is 3.74. The first kappa shape index (κ1) is 17.8. The molecule has 1 aromatic rings. The maximum Gasteiger partial charge on any atom is 0.285 e. The zero-order chi connectivity index (χ0) is 17.2. The minimum absolute atomic E-state index is 0.128. The number of nitrogens with zero attached hydrogens (tertiary/aromatic N) is 2. The second-order valence-corrected chi connectivity index (χ2v) is 8.21. The maximum atomic E-state index is 12.3. The fraction of sp³-hybridized carbons (Fsp3) is 0.462. The van der Waals surface area contributed by atoms with E-state index in [0.717, 1.165) is 6.26 Å². The van der Waals surface area contributed by atoms with Crippen LogP contribution in [0, 0.1) is 16.0 Å². The van der Waals surface area contributed by atoms with E-state index in [0.29, 0.717) is 29.5 Å². The predicted molar refractivity (Wildman–Crippen MR) is 88.6 cm³/mol. The van der Waals surface area contributed by atoms with Crippen LogP contribution in [0.1, 0.15) is 12.8 Å². The van der Waals surface area contributed by atoms with E-state index in [1.165, 1.54) is 16.4 Å². The van der Waals surface area contributed by atoms with Crippen molar-refractivity contribution >= 4 is 43.2 Å². The second-order valence-electron chi connectivity index (χ2n) is 5.37. The molecule has 1 aromatic carbocycles. The molecule has 0 bridgehead atoms. The Morgan fingerprint density at radius 2 is 2.17 bits per heavy atom. The average Bonchev–Trinajstić information content (AvgIpc) is 2.48. The van der Waals surface area contributed by atoms with Gasteiger partial charge >= 0.3 is 0 Å². The van der Waals surface area contributed by atoms with Crippen molar-refractivity contribution in [3.05, 3.63) is 32.8 Å². The lowest BCUT2D eigenvalue weighted by molar-refractivity contribution is -0.385. The lowest BCUT2D eigenvalue weighted by Crippen LogP contribution is -2.43. The monoisotopic (exact) mass is 405 g/mol. The average molecular weight is 406 g/mol. The van der Waals surface area contributed by atoms with Gasteiger partial charge in [0.05, 0.1) is 21.6 Å². The number of piperidine rings is 1. The summed E-state index contributed by atoms with van der Waals surface area (Å²) in [6, 6.07) is 4.29. The Hall–Kier alpha value is -1.52. The molecule has 2 rings (SSSR count). The lowest BCUT2D eigenvalue weighted by atomic mass is 9.98. The van der Waals surface area contributed by atoms with Gasteiger partial charge in [0.2, 0.25) is 15.9 Å². The van der Waals surface area contributed by atoms with Crippen molar-refractivity contribution < 1.29 is 18.1 Å². The van der Waals surface area contributed by atoms with Crippen molar-refractivity contribution in [1.82, 2.24) is 4.31 Å². The van der Waals surface area contributed by atoms with Crippen LogP contribution in [-0.4, -0.2) is 42.9 Å². The number of carbonyl (C=O) groups excluding carboxylic acids is 1. The third-order valence-corrected chi connectivity index (χ3v) is 5.57. The topological polar surface area (TPSA) is 110 Å². The maximum absolute atomic E-state index is 12.3. The van der Waals surface area contributed by atoms with Gasteiger partial charge in [0.15, 0.2) is 0 Å². The van der Waals surface area contributed by atoms with Crippen LogP contribution in [0.2, 0.25) is 0 Å². The summed E-state index contributed by atoms with van der Waals surface area (Å²) in [6.07, 6.45) is 2.30. The summed E-state index contributed by atoms with van der Waals surface area (Å²) >= 11 is 3.08. The summed E-state index contributed by atoms with van der Waals surface area (Å²) in [7, 11) is -3.33. The Bertz CT molecular complexity index is 737. The molecule has 1 aliphatic rings. The van der Waals surface area contributed by atoms with Gasteiger partial charge in [0.25, 0.3) is 5.69 Å². The van der Waals surface area contributed by atoms with Crippen molar-refractivity contribution in [3.63, 3.8) is 0 Å². The second kappa shape index (κ2) is 6.93. The van der Waals surface area contributed by atoms with Gasteiger partial charge < -0.3 is 5.32 Å². The molecule has 126 valence electrons. The largest absolute Gasteiger partial charge is 0.326 e. The molecule has 0 radical (unpaired) electrons. The standard InChI is InChI=1S/C13H16BrN3O5S/c1-23(21,22)16-6-2-3-9(8-16)13(18)15-10-4-5-11(14)12(7-10)17(19)20/h4-5,7,9H,2-3,6,8H2,1H3,(H,15,18). The quantitative estimate of drug-likeness (QED) is 0.607. The zero-order valence-corrected chi connectivity index (χ0v) is 14.8.